The highest BCUT2D eigenvalue weighted by atomic mass is 16.3. The number of hydrogen-bond donors (Lipinski definition) is 0. The van der Waals surface area contributed by atoms with Gasteiger partial charge >= 0.3 is 0 Å². The molecule has 0 N–H and O–H groups in total. The fourth-order valence-electron chi connectivity index (χ4n) is 7.63. The molecule has 0 saturated carbocycles. The summed E-state index contributed by atoms with van der Waals surface area (Å²) in [6, 6.07) is 63.3. The molecule has 1 heterocycles. The van der Waals surface area contributed by atoms with E-state index in [-0.39, 0.29) is 0 Å². The van der Waals surface area contributed by atoms with Crippen LogP contribution < -0.4 is 4.90 Å². The SMILES string of the molecule is c1ccc(-c2ccc(N(c3cc4ccccc4c4c3ccc3ccc5ccccc5c34)c3cccc4oc5ccccc5c34)cc2)cc1. The molecule has 10 aromatic rings. The van der Waals surface area contributed by atoms with Gasteiger partial charge in [-0.15, -0.1) is 0 Å². The lowest BCUT2D eigenvalue weighted by atomic mass is 9.91. The Morgan fingerprint density at radius 2 is 0.958 bits per heavy atom. The quantitative estimate of drug-likeness (QED) is 0.184. The standard InChI is InChI=1S/C46H29NO/c1-2-11-30(12-3-1)31-23-26-35(27-24-31)47(40-18-10-20-43-46(40)39-17-8-9-19-42(39)48-43)41-29-34-14-5-7-16-37(34)45-38(41)28-25-33-22-21-32-13-4-6-15-36(32)44(33)45/h1-29H. The fourth-order valence-corrected chi connectivity index (χ4v) is 7.63. The Labute approximate surface area is 277 Å². The third kappa shape index (κ3) is 4.06. The van der Waals surface area contributed by atoms with Gasteiger partial charge in [0.05, 0.1) is 16.8 Å². The maximum absolute atomic E-state index is 6.43. The molecule has 0 aliphatic rings. The third-order valence-electron chi connectivity index (χ3n) is 9.80. The molecule has 0 atom stereocenters. The number of fused-ring (bicyclic) bond motifs is 10. The molecule has 0 bridgehead atoms. The zero-order valence-corrected chi connectivity index (χ0v) is 26.1. The normalized spacial score (nSPS) is 11.8. The molecule has 0 aliphatic carbocycles. The molecule has 48 heavy (non-hydrogen) atoms. The van der Waals surface area contributed by atoms with Crippen molar-refractivity contribution in [2.75, 3.05) is 4.90 Å². The van der Waals surface area contributed by atoms with Crippen molar-refractivity contribution >= 4 is 82.1 Å². The third-order valence-corrected chi connectivity index (χ3v) is 9.80. The van der Waals surface area contributed by atoms with E-state index in [4.69, 9.17) is 4.42 Å². The van der Waals surface area contributed by atoms with Crippen LogP contribution in [0.1, 0.15) is 0 Å². The Hall–Kier alpha value is -6.38. The van der Waals surface area contributed by atoms with Gasteiger partial charge in [0, 0.05) is 21.8 Å². The van der Waals surface area contributed by atoms with Crippen molar-refractivity contribution in [3.8, 4) is 11.1 Å². The summed E-state index contributed by atoms with van der Waals surface area (Å²) in [6.07, 6.45) is 0. The van der Waals surface area contributed by atoms with E-state index in [1.807, 2.05) is 6.07 Å². The summed E-state index contributed by atoms with van der Waals surface area (Å²) in [6.45, 7) is 0. The Morgan fingerprint density at radius 3 is 1.79 bits per heavy atom. The van der Waals surface area contributed by atoms with E-state index in [0.717, 1.165) is 39.0 Å². The molecule has 9 aromatic carbocycles. The molecule has 2 nitrogen and oxygen atoms in total. The molecule has 0 saturated heterocycles. The molecular formula is C46H29NO. The van der Waals surface area contributed by atoms with Crippen molar-refractivity contribution < 1.29 is 4.42 Å². The Kier molecular flexibility index (Phi) is 5.91. The summed E-state index contributed by atoms with van der Waals surface area (Å²) in [5.41, 5.74) is 7.45. The van der Waals surface area contributed by atoms with Crippen molar-refractivity contribution in [2.24, 2.45) is 0 Å². The molecule has 0 fully saturated rings. The van der Waals surface area contributed by atoms with Gasteiger partial charge < -0.3 is 9.32 Å². The lowest BCUT2D eigenvalue weighted by molar-refractivity contribution is 0.669. The highest BCUT2D eigenvalue weighted by Crippen LogP contribution is 2.48. The van der Waals surface area contributed by atoms with Gasteiger partial charge in [-0.1, -0.05) is 140 Å². The number of benzene rings is 9. The number of para-hydroxylation sites is 1. The van der Waals surface area contributed by atoms with Crippen LogP contribution in [0.5, 0.6) is 0 Å². The van der Waals surface area contributed by atoms with E-state index in [1.54, 1.807) is 0 Å². The molecule has 0 spiro atoms. The van der Waals surface area contributed by atoms with Crippen LogP contribution in [0.25, 0.3) is 76.2 Å². The maximum atomic E-state index is 6.43. The van der Waals surface area contributed by atoms with Gasteiger partial charge in [-0.25, -0.2) is 0 Å². The van der Waals surface area contributed by atoms with Crippen molar-refractivity contribution in [2.45, 2.75) is 0 Å². The van der Waals surface area contributed by atoms with Gasteiger partial charge in [-0.05, 0) is 79.8 Å². The average Bonchev–Trinajstić information content (AvgIpc) is 3.55. The van der Waals surface area contributed by atoms with Crippen LogP contribution in [0.15, 0.2) is 180 Å². The van der Waals surface area contributed by atoms with Crippen LogP contribution in [0.3, 0.4) is 0 Å². The zero-order chi connectivity index (χ0) is 31.6. The predicted molar refractivity (Wildman–Crippen MR) is 204 cm³/mol. The van der Waals surface area contributed by atoms with Crippen LogP contribution in [-0.2, 0) is 0 Å². The van der Waals surface area contributed by atoms with Crippen LogP contribution in [-0.4, -0.2) is 0 Å². The number of rotatable bonds is 4. The molecule has 224 valence electrons. The van der Waals surface area contributed by atoms with Gasteiger partial charge in [0.25, 0.3) is 0 Å². The first-order valence-corrected chi connectivity index (χ1v) is 16.4. The topological polar surface area (TPSA) is 16.4 Å². The van der Waals surface area contributed by atoms with E-state index in [9.17, 15) is 0 Å². The van der Waals surface area contributed by atoms with Crippen molar-refractivity contribution in [3.63, 3.8) is 0 Å². The van der Waals surface area contributed by atoms with Gasteiger partial charge in [-0.3, -0.25) is 0 Å². The largest absolute Gasteiger partial charge is 0.456 e. The van der Waals surface area contributed by atoms with Gasteiger partial charge in [0.1, 0.15) is 11.2 Å². The van der Waals surface area contributed by atoms with E-state index >= 15 is 0 Å². The van der Waals surface area contributed by atoms with Crippen molar-refractivity contribution in [1.29, 1.82) is 0 Å². The van der Waals surface area contributed by atoms with Gasteiger partial charge in [0.15, 0.2) is 0 Å². The lowest BCUT2D eigenvalue weighted by Gasteiger charge is -2.29. The van der Waals surface area contributed by atoms with Crippen LogP contribution in [0.2, 0.25) is 0 Å². The first-order chi connectivity index (χ1) is 23.8. The smallest absolute Gasteiger partial charge is 0.137 e. The van der Waals surface area contributed by atoms with Crippen LogP contribution in [0, 0.1) is 0 Å². The second kappa shape index (κ2) is 10.6. The molecule has 1 aromatic heterocycles. The first kappa shape index (κ1) is 26.8. The summed E-state index contributed by atoms with van der Waals surface area (Å²) in [5.74, 6) is 0. The monoisotopic (exact) mass is 611 g/mol. The van der Waals surface area contributed by atoms with Crippen LogP contribution in [0.4, 0.5) is 17.1 Å². The second-order valence-corrected chi connectivity index (χ2v) is 12.5. The van der Waals surface area contributed by atoms with Gasteiger partial charge in [0.2, 0.25) is 0 Å². The van der Waals surface area contributed by atoms with E-state index in [1.165, 1.54) is 54.2 Å². The summed E-state index contributed by atoms with van der Waals surface area (Å²) in [4.78, 5) is 2.44. The molecular weight excluding hydrogens is 583 g/mol. The Balaban J connectivity index is 1.34. The molecule has 2 heteroatoms. The summed E-state index contributed by atoms with van der Waals surface area (Å²) in [7, 11) is 0. The van der Waals surface area contributed by atoms with Crippen molar-refractivity contribution in [3.05, 3.63) is 176 Å². The lowest BCUT2D eigenvalue weighted by Crippen LogP contribution is -2.11. The minimum atomic E-state index is 0.876. The summed E-state index contributed by atoms with van der Waals surface area (Å²) in [5, 5.41) is 12.2. The number of anilines is 3. The number of hydrogen-bond acceptors (Lipinski definition) is 2. The Morgan fingerprint density at radius 1 is 0.333 bits per heavy atom. The second-order valence-electron chi connectivity index (χ2n) is 12.5. The molecule has 0 amide bonds. The summed E-state index contributed by atoms with van der Waals surface area (Å²) >= 11 is 0. The van der Waals surface area contributed by atoms with E-state index < -0.39 is 0 Å². The zero-order valence-electron chi connectivity index (χ0n) is 26.1. The van der Waals surface area contributed by atoms with E-state index in [2.05, 4.69) is 175 Å². The number of furan rings is 1. The predicted octanol–water partition coefficient (Wildman–Crippen LogP) is 13.3. The molecule has 0 radical (unpaired) electrons. The average molecular weight is 612 g/mol. The highest BCUT2D eigenvalue weighted by Gasteiger charge is 2.23. The first-order valence-electron chi connectivity index (χ1n) is 16.4. The number of nitrogens with zero attached hydrogens (tertiary/aromatic N) is 1. The van der Waals surface area contributed by atoms with Crippen molar-refractivity contribution in [1.82, 2.24) is 0 Å². The molecule has 10 rings (SSSR count). The summed E-state index contributed by atoms with van der Waals surface area (Å²) < 4.78 is 6.43. The molecule has 0 unspecified atom stereocenters. The Bertz CT molecular complexity index is 2830. The molecule has 0 aliphatic heterocycles. The maximum Gasteiger partial charge on any atom is 0.137 e. The van der Waals surface area contributed by atoms with Gasteiger partial charge in [-0.2, -0.15) is 0 Å². The van der Waals surface area contributed by atoms with E-state index in [0.29, 0.717) is 0 Å². The fraction of sp³-hybridized carbons (Fsp3) is 0. The minimum Gasteiger partial charge on any atom is -0.456 e. The van der Waals surface area contributed by atoms with Crippen LogP contribution >= 0.6 is 0 Å². The minimum absolute atomic E-state index is 0.876. The highest BCUT2D eigenvalue weighted by molar-refractivity contribution is 6.30.